The molecule has 2 heterocycles. The van der Waals surface area contributed by atoms with Crippen molar-refractivity contribution < 1.29 is 4.74 Å². The summed E-state index contributed by atoms with van der Waals surface area (Å²) in [6.45, 7) is 6.92. The van der Waals surface area contributed by atoms with E-state index in [-0.39, 0.29) is 0 Å². The van der Waals surface area contributed by atoms with E-state index >= 15 is 0 Å². The van der Waals surface area contributed by atoms with E-state index in [1.165, 1.54) is 16.5 Å². The maximum absolute atomic E-state index is 5.40. The van der Waals surface area contributed by atoms with Crippen molar-refractivity contribution in [2.75, 3.05) is 39.9 Å². The second-order valence-corrected chi connectivity index (χ2v) is 5.35. The van der Waals surface area contributed by atoms with Crippen LogP contribution >= 0.6 is 0 Å². The SMILES string of the molecule is CNCc1cccc2ccn(CCN3CCOCC3)c12. The van der Waals surface area contributed by atoms with Gasteiger partial charge in [0.15, 0.2) is 0 Å². The first-order valence-electron chi connectivity index (χ1n) is 7.40. The van der Waals surface area contributed by atoms with E-state index in [1.807, 2.05) is 7.05 Å². The van der Waals surface area contributed by atoms with Crippen molar-refractivity contribution >= 4 is 10.9 Å². The third kappa shape index (κ3) is 2.87. The van der Waals surface area contributed by atoms with Gasteiger partial charge >= 0.3 is 0 Å². The normalized spacial score (nSPS) is 16.9. The highest BCUT2D eigenvalue weighted by Crippen LogP contribution is 2.20. The summed E-state index contributed by atoms with van der Waals surface area (Å²) in [5.41, 5.74) is 2.74. The molecule has 108 valence electrons. The lowest BCUT2D eigenvalue weighted by atomic mass is 10.1. The number of benzene rings is 1. The van der Waals surface area contributed by atoms with E-state index in [1.54, 1.807) is 0 Å². The monoisotopic (exact) mass is 273 g/mol. The largest absolute Gasteiger partial charge is 0.379 e. The zero-order valence-corrected chi connectivity index (χ0v) is 12.1. The van der Waals surface area contributed by atoms with Crippen LogP contribution in [0.15, 0.2) is 30.5 Å². The van der Waals surface area contributed by atoms with Crippen molar-refractivity contribution in [3.05, 3.63) is 36.0 Å². The molecular weight excluding hydrogens is 250 g/mol. The summed E-state index contributed by atoms with van der Waals surface area (Å²) in [5.74, 6) is 0. The minimum atomic E-state index is 0.872. The predicted octanol–water partition coefficient (Wildman–Crippen LogP) is 1.69. The Morgan fingerprint density at radius 2 is 2.00 bits per heavy atom. The summed E-state index contributed by atoms with van der Waals surface area (Å²) >= 11 is 0. The van der Waals surface area contributed by atoms with Crippen molar-refractivity contribution in [1.82, 2.24) is 14.8 Å². The molecule has 1 aromatic carbocycles. The summed E-state index contributed by atoms with van der Waals surface area (Å²) in [7, 11) is 2.00. The highest BCUT2D eigenvalue weighted by molar-refractivity contribution is 5.83. The molecule has 1 aliphatic rings. The summed E-state index contributed by atoms with van der Waals surface area (Å²) in [6.07, 6.45) is 2.21. The number of hydrogen-bond donors (Lipinski definition) is 1. The van der Waals surface area contributed by atoms with Gasteiger partial charge in [-0.25, -0.2) is 0 Å². The smallest absolute Gasteiger partial charge is 0.0594 e. The van der Waals surface area contributed by atoms with E-state index in [0.29, 0.717) is 0 Å². The Hall–Kier alpha value is -1.36. The van der Waals surface area contributed by atoms with Gasteiger partial charge in [-0.1, -0.05) is 18.2 Å². The minimum absolute atomic E-state index is 0.872. The van der Waals surface area contributed by atoms with Crippen LogP contribution in [0, 0.1) is 0 Å². The Labute approximate surface area is 120 Å². The predicted molar refractivity (Wildman–Crippen MR) is 82.0 cm³/mol. The van der Waals surface area contributed by atoms with Crippen LogP contribution in [0.4, 0.5) is 0 Å². The topological polar surface area (TPSA) is 29.4 Å². The van der Waals surface area contributed by atoms with Gasteiger partial charge in [0.05, 0.1) is 18.7 Å². The van der Waals surface area contributed by atoms with Gasteiger partial charge in [-0.15, -0.1) is 0 Å². The molecule has 1 aliphatic heterocycles. The van der Waals surface area contributed by atoms with E-state index < -0.39 is 0 Å². The van der Waals surface area contributed by atoms with E-state index in [2.05, 4.69) is 45.2 Å². The number of hydrogen-bond acceptors (Lipinski definition) is 3. The number of fused-ring (bicyclic) bond motifs is 1. The van der Waals surface area contributed by atoms with E-state index in [4.69, 9.17) is 4.74 Å². The molecule has 0 aliphatic carbocycles. The molecule has 1 aromatic heterocycles. The third-order valence-electron chi connectivity index (χ3n) is 4.00. The molecular formula is C16H23N3O. The molecule has 0 radical (unpaired) electrons. The Kier molecular flexibility index (Phi) is 4.35. The number of morpholine rings is 1. The van der Waals surface area contributed by atoms with Gasteiger partial charge in [0.1, 0.15) is 0 Å². The number of nitrogens with zero attached hydrogens (tertiary/aromatic N) is 2. The molecule has 0 unspecified atom stereocenters. The number of para-hydroxylation sites is 1. The minimum Gasteiger partial charge on any atom is -0.379 e. The summed E-state index contributed by atoms with van der Waals surface area (Å²) in [6, 6.07) is 8.76. The molecule has 0 amide bonds. The molecule has 4 nitrogen and oxygen atoms in total. The van der Waals surface area contributed by atoms with Crippen LogP contribution < -0.4 is 5.32 Å². The molecule has 4 heteroatoms. The van der Waals surface area contributed by atoms with Crippen LogP contribution in [-0.4, -0.2) is 49.4 Å². The van der Waals surface area contributed by atoms with Crippen LogP contribution in [-0.2, 0) is 17.8 Å². The Morgan fingerprint density at radius 3 is 2.80 bits per heavy atom. The van der Waals surface area contributed by atoms with Crippen molar-refractivity contribution in [2.24, 2.45) is 0 Å². The lowest BCUT2D eigenvalue weighted by molar-refractivity contribution is 0.0365. The van der Waals surface area contributed by atoms with Gasteiger partial charge in [-0.2, -0.15) is 0 Å². The number of nitrogens with one attached hydrogen (secondary N) is 1. The van der Waals surface area contributed by atoms with E-state index in [9.17, 15) is 0 Å². The lowest BCUT2D eigenvalue weighted by Crippen LogP contribution is -2.38. The van der Waals surface area contributed by atoms with Crippen LogP contribution in [0.5, 0.6) is 0 Å². The quantitative estimate of drug-likeness (QED) is 0.899. The fourth-order valence-electron chi connectivity index (χ4n) is 2.93. The maximum Gasteiger partial charge on any atom is 0.0594 e. The second kappa shape index (κ2) is 6.39. The maximum atomic E-state index is 5.40. The molecule has 1 saturated heterocycles. The lowest BCUT2D eigenvalue weighted by Gasteiger charge is -2.26. The van der Waals surface area contributed by atoms with Crippen molar-refractivity contribution in [2.45, 2.75) is 13.1 Å². The van der Waals surface area contributed by atoms with Crippen LogP contribution in [0.1, 0.15) is 5.56 Å². The van der Waals surface area contributed by atoms with Gasteiger partial charge in [-0.05, 0) is 24.1 Å². The van der Waals surface area contributed by atoms with Gasteiger partial charge in [0.25, 0.3) is 0 Å². The number of rotatable bonds is 5. The zero-order chi connectivity index (χ0) is 13.8. The summed E-state index contributed by atoms with van der Waals surface area (Å²) in [4.78, 5) is 2.48. The standard InChI is InChI=1S/C16H23N3O/c1-17-13-15-4-2-3-14-5-6-19(16(14)15)8-7-18-9-11-20-12-10-18/h2-6,17H,7-13H2,1H3. The molecule has 0 saturated carbocycles. The molecule has 3 rings (SSSR count). The molecule has 2 aromatic rings. The molecule has 0 bridgehead atoms. The zero-order valence-electron chi connectivity index (χ0n) is 12.1. The highest BCUT2D eigenvalue weighted by atomic mass is 16.5. The first kappa shape index (κ1) is 13.6. The molecule has 1 N–H and O–H groups in total. The average Bonchev–Trinajstić information content (AvgIpc) is 2.91. The first-order chi connectivity index (χ1) is 9.88. The summed E-state index contributed by atoms with van der Waals surface area (Å²) < 4.78 is 7.79. The van der Waals surface area contributed by atoms with Crippen molar-refractivity contribution in [1.29, 1.82) is 0 Å². The fourth-order valence-corrected chi connectivity index (χ4v) is 2.93. The van der Waals surface area contributed by atoms with E-state index in [0.717, 1.165) is 45.9 Å². The van der Waals surface area contributed by atoms with Crippen molar-refractivity contribution in [3.63, 3.8) is 0 Å². The number of aromatic nitrogens is 1. The van der Waals surface area contributed by atoms with Crippen LogP contribution in [0.3, 0.4) is 0 Å². The van der Waals surface area contributed by atoms with Crippen molar-refractivity contribution in [3.8, 4) is 0 Å². The van der Waals surface area contributed by atoms with Crippen LogP contribution in [0.25, 0.3) is 10.9 Å². The summed E-state index contributed by atoms with van der Waals surface area (Å²) in [5, 5.41) is 4.59. The van der Waals surface area contributed by atoms with Gasteiger partial charge in [0, 0.05) is 38.9 Å². The molecule has 0 atom stereocenters. The Balaban J connectivity index is 1.76. The van der Waals surface area contributed by atoms with Gasteiger partial charge < -0.3 is 14.6 Å². The average molecular weight is 273 g/mol. The Morgan fingerprint density at radius 1 is 1.15 bits per heavy atom. The third-order valence-corrected chi connectivity index (χ3v) is 4.00. The van der Waals surface area contributed by atoms with Gasteiger partial charge in [-0.3, -0.25) is 4.90 Å². The van der Waals surface area contributed by atoms with Gasteiger partial charge in [0.2, 0.25) is 0 Å². The molecule has 20 heavy (non-hydrogen) atoms. The second-order valence-electron chi connectivity index (χ2n) is 5.35. The number of ether oxygens (including phenoxy) is 1. The Bertz CT molecular complexity index is 558. The highest BCUT2D eigenvalue weighted by Gasteiger charge is 2.11. The molecule has 1 fully saturated rings. The first-order valence-corrected chi connectivity index (χ1v) is 7.40. The molecule has 0 spiro atoms. The fraction of sp³-hybridized carbons (Fsp3) is 0.500. The van der Waals surface area contributed by atoms with Crippen LogP contribution in [0.2, 0.25) is 0 Å².